The van der Waals surface area contributed by atoms with E-state index in [0.717, 1.165) is 42.9 Å². The van der Waals surface area contributed by atoms with Crippen molar-refractivity contribution in [3.8, 4) is 28.0 Å². The van der Waals surface area contributed by atoms with Crippen LogP contribution < -0.4 is 19.5 Å². The molecule has 4 heterocycles. The van der Waals surface area contributed by atoms with E-state index in [0.29, 0.717) is 23.1 Å². The second-order valence-electron chi connectivity index (χ2n) is 8.77. The average molecular weight is 543 g/mol. The van der Waals surface area contributed by atoms with Gasteiger partial charge in [0, 0.05) is 5.56 Å². The van der Waals surface area contributed by atoms with E-state index in [1.807, 2.05) is 26.0 Å². The standard InChI is InChI=1S/C27H22N6O5S/c1-14-8-18(23-19(9-14)32-21(35-3)12-28-23)26-33-22-15(2)10-20-24(25(22)39-26)37-13-17(38-20)5-7-36-27(34)31-16-4-6-29-30-11-16/h4-12,17H,13H2,1-3H3,(H,29,31,34)/b7-5+/t17-/m0/s1. The van der Waals surface area contributed by atoms with Crippen LogP contribution in [0.2, 0.25) is 0 Å². The fourth-order valence-electron chi connectivity index (χ4n) is 4.19. The average Bonchev–Trinajstić information content (AvgIpc) is 3.39. The van der Waals surface area contributed by atoms with Crippen molar-refractivity contribution in [2.45, 2.75) is 20.0 Å². The molecule has 1 amide bonds. The highest BCUT2D eigenvalue weighted by Gasteiger charge is 2.25. The van der Waals surface area contributed by atoms with Crippen LogP contribution in [0, 0.1) is 13.8 Å². The van der Waals surface area contributed by atoms with Crippen LogP contribution in [0.15, 0.2) is 55.2 Å². The molecule has 1 N–H and O–H groups in total. The first kappa shape index (κ1) is 24.5. The molecule has 12 heteroatoms. The number of carbonyl (C=O) groups is 1. The maximum absolute atomic E-state index is 12.0. The highest BCUT2D eigenvalue weighted by Crippen LogP contribution is 2.46. The smallest absolute Gasteiger partial charge is 0.416 e. The number of anilines is 1. The molecular formula is C27H22N6O5S. The number of aryl methyl sites for hydroxylation is 2. The van der Waals surface area contributed by atoms with Crippen LogP contribution in [0.3, 0.4) is 0 Å². The molecule has 2 aromatic carbocycles. The first-order valence-corrected chi connectivity index (χ1v) is 12.8. The lowest BCUT2D eigenvalue weighted by Gasteiger charge is -2.25. The summed E-state index contributed by atoms with van der Waals surface area (Å²) in [6.45, 7) is 4.24. The van der Waals surface area contributed by atoms with Crippen molar-refractivity contribution in [1.82, 2.24) is 25.1 Å². The van der Waals surface area contributed by atoms with E-state index in [4.69, 9.17) is 23.9 Å². The van der Waals surface area contributed by atoms with Crippen LogP contribution in [0.5, 0.6) is 17.4 Å². The number of ether oxygens (including phenoxy) is 4. The molecule has 1 aliphatic rings. The van der Waals surface area contributed by atoms with Gasteiger partial charge < -0.3 is 18.9 Å². The normalized spacial score (nSPS) is 14.6. The van der Waals surface area contributed by atoms with E-state index in [9.17, 15) is 4.79 Å². The summed E-state index contributed by atoms with van der Waals surface area (Å²) in [7, 11) is 1.57. The molecule has 5 aromatic rings. The van der Waals surface area contributed by atoms with Crippen LogP contribution in [-0.4, -0.2) is 51.1 Å². The molecule has 0 bridgehead atoms. The predicted molar refractivity (Wildman–Crippen MR) is 145 cm³/mol. The molecule has 0 saturated carbocycles. The molecule has 0 spiro atoms. The molecule has 0 aliphatic carbocycles. The SMILES string of the molecule is COc1cnc2c(-c3nc4c(C)cc5c(c4s3)OC[C@H](/C=C/OC(=O)Nc3ccnnc3)O5)cc(C)cc2n1. The summed E-state index contributed by atoms with van der Waals surface area (Å²) >= 11 is 1.52. The first-order valence-electron chi connectivity index (χ1n) is 11.9. The van der Waals surface area contributed by atoms with Crippen molar-refractivity contribution in [1.29, 1.82) is 0 Å². The van der Waals surface area contributed by atoms with Crippen molar-refractivity contribution in [3.05, 3.63) is 66.3 Å². The number of hydrogen-bond donors (Lipinski definition) is 1. The lowest BCUT2D eigenvalue weighted by molar-refractivity contribution is 0.123. The van der Waals surface area contributed by atoms with Crippen LogP contribution in [0.1, 0.15) is 11.1 Å². The molecule has 196 valence electrons. The first-order chi connectivity index (χ1) is 19.0. The molecule has 6 rings (SSSR count). The van der Waals surface area contributed by atoms with E-state index in [1.54, 1.807) is 25.4 Å². The Morgan fingerprint density at radius 3 is 2.87 bits per heavy atom. The molecule has 0 radical (unpaired) electrons. The minimum atomic E-state index is -0.655. The molecule has 0 saturated heterocycles. The van der Waals surface area contributed by atoms with E-state index >= 15 is 0 Å². The molecule has 1 atom stereocenters. The van der Waals surface area contributed by atoms with Gasteiger partial charge in [-0.05, 0) is 55.3 Å². The zero-order chi connectivity index (χ0) is 26.9. The summed E-state index contributed by atoms with van der Waals surface area (Å²) < 4.78 is 23.5. The fraction of sp³-hybridized carbons (Fsp3) is 0.185. The number of nitrogens with zero attached hydrogens (tertiary/aromatic N) is 5. The minimum absolute atomic E-state index is 0.243. The Hall–Kier alpha value is -4.84. The van der Waals surface area contributed by atoms with Gasteiger partial charge in [-0.2, -0.15) is 10.2 Å². The number of benzene rings is 2. The number of amides is 1. The molecule has 0 unspecified atom stereocenters. The van der Waals surface area contributed by atoms with Crippen molar-refractivity contribution < 1.29 is 23.7 Å². The topological polar surface area (TPSA) is 130 Å². The van der Waals surface area contributed by atoms with Gasteiger partial charge in [-0.25, -0.2) is 19.7 Å². The Morgan fingerprint density at radius 1 is 1.15 bits per heavy atom. The van der Waals surface area contributed by atoms with Crippen molar-refractivity contribution in [3.63, 3.8) is 0 Å². The lowest BCUT2D eigenvalue weighted by atomic mass is 10.1. The highest BCUT2D eigenvalue weighted by molar-refractivity contribution is 7.22. The van der Waals surface area contributed by atoms with E-state index in [2.05, 4.69) is 31.5 Å². The fourth-order valence-corrected chi connectivity index (χ4v) is 5.34. The van der Waals surface area contributed by atoms with Gasteiger partial charge in [-0.15, -0.1) is 11.3 Å². The summed E-state index contributed by atoms with van der Waals surface area (Å²) in [5.74, 6) is 1.69. The molecule has 39 heavy (non-hydrogen) atoms. The van der Waals surface area contributed by atoms with E-state index in [1.165, 1.54) is 30.0 Å². The molecular weight excluding hydrogens is 520 g/mol. The van der Waals surface area contributed by atoms with Gasteiger partial charge in [0.2, 0.25) is 5.88 Å². The number of carbonyl (C=O) groups excluding carboxylic acids is 1. The van der Waals surface area contributed by atoms with E-state index < -0.39 is 12.2 Å². The zero-order valence-electron chi connectivity index (χ0n) is 21.2. The van der Waals surface area contributed by atoms with Crippen LogP contribution in [0.4, 0.5) is 10.5 Å². The Kier molecular flexibility index (Phi) is 6.37. The van der Waals surface area contributed by atoms with Gasteiger partial charge in [0.25, 0.3) is 0 Å². The molecule has 1 aliphatic heterocycles. The minimum Gasteiger partial charge on any atom is -0.484 e. The van der Waals surface area contributed by atoms with E-state index in [-0.39, 0.29) is 6.61 Å². The number of nitrogens with one attached hydrogen (secondary N) is 1. The van der Waals surface area contributed by atoms with Gasteiger partial charge in [0.15, 0.2) is 17.6 Å². The second-order valence-corrected chi connectivity index (χ2v) is 9.77. The number of hydrogen-bond acceptors (Lipinski definition) is 11. The summed E-state index contributed by atoms with van der Waals surface area (Å²) in [4.78, 5) is 26.1. The third-order valence-corrected chi connectivity index (χ3v) is 7.04. The number of methoxy groups -OCH3 is 1. The third-order valence-electron chi connectivity index (χ3n) is 5.96. The van der Waals surface area contributed by atoms with Gasteiger partial charge in [0.05, 0.1) is 54.2 Å². The Labute approximate surface area is 226 Å². The third kappa shape index (κ3) is 4.89. The summed E-state index contributed by atoms with van der Waals surface area (Å²) in [6, 6.07) is 7.54. The monoisotopic (exact) mass is 542 g/mol. The van der Waals surface area contributed by atoms with Crippen molar-refractivity contribution in [2.75, 3.05) is 19.0 Å². The van der Waals surface area contributed by atoms with Gasteiger partial charge >= 0.3 is 6.09 Å². The molecule has 0 fully saturated rings. The maximum atomic E-state index is 12.0. The maximum Gasteiger partial charge on any atom is 0.416 e. The Morgan fingerprint density at radius 2 is 2.05 bits per heavy atom. The Balaban J connectivity index is 1.25. The summed E-state index contributed by atoms with van der Waals surface area (Å²) in [5.41, 5.74) is 5.69. The van der Waals surface area contributed by atoms with Crippen molar-refractivity contribution >= 4 is 44.4 Å². The number of fused-ring (bicyclic) bond motifs is 4. The van der Waals surface area contributed by atoms with Crippen molar-refractivity contribution in [2.24, 2.45) is 0 Å². The van der Waals surface area contributed by atoms with Crippen LogP contribution >= 0.6 is 11.3 Å². The largest absolute Gasteiger partial charge is 0.484 e. The van der Waals surface area contributed by atoms with Crippen LogP contribution in [0.25, 0.3) is 31.8 Å². The molecule has 11 nitrogen and oxygen atoms in total. The van der Waals surface area contributed by atoms with Crippen LogP contribution in [-0.2, 0) is 4.74 Å². The zero-order valence-corrected chi connectivity index (χ0v) is 22.0. The second kappa shape index (κ2) is 10.1. The number of aromatic nitrogens is 5. The summed E-state index contributed by atoms with van der Waals surface area (Å²) in [5, 5.41) is 10.7. The number of rotatable bonds is 5. The Bertz CT molecular complexity index is 1740. The quantitative estimate of drug-likeness (QED) is 0.295. The highest BCUT2D eigenvalue weighted by atomic mass is 32.1. The van der Waals surface area contributed by atoms with Gasteiger partial charge in [-0.1, -0.05) is 0 Å². The number of thiazole rings is 1. The van der Waals surface area contributed by atoms with Gasteiger partial charge in [0.1, 0.15) is 16.3 Å². The predicted octanol–water partition coefficient (Wildman–Crippen LogP) is 5.22. The molecule has 3 aromatic heterocycles. The lowest BCUT2D eigenvalue weighted by Crippen LogP contribution is -2.27. The van der Waals surface area contributed by atoms with Gasteiger partial charge in [-0.3, -0.25) is 5.32 Å². The summed E-state index contributed by atoms with van der Waals surface area (Å²) in [6.07, 6.45) is 6.29.